The predicted octanol–water partition coefficient (Wildman–Crippen LogP) is 4.09. The van der Waals surface area contributed by atoms with E-state index in [4.69, 9.17) is 4.74 Å². The summed E-state index contributed by atoms with van der Waals surface area (Å²) < 4.78 is 21.8. The summed E-state index contributed by atoms with van der Waals surface area (Å²) in [6, 6.07) is 14.6. The number of benzene rings is 2. The van der Waals surface area contributed by atoms with Gasteiger partial charge in [0.15, 0.2) is 10.8 Å². The number of para-hydroxylation sites is 1. The van der Waals surface area contributed by atoms with Gasteiger partial charge in [-0.05, 0) is 49.4 Å². The molecule has 11 heteroatoms. The fraction of sp³-hybridized carbons (Fsp3) is 0.125. The van der Waals surface area contributed by atoms with E-state index in [1.807, 2.05) is 6.07 Å². The van der Waals surface area contributed by atoms with Gasteiger partial charge in [-0.25, -0.2) is 13.7 Å². The number of carbonyl (C=O) groups excluding carboxylic acids is 2. The third-order valence-electron chi connectivity index (χ3n) is 5.16. The molecule has 0 aliphatic heterocycles. The van der Waals surface area contributed by atoms with Gasteiger partial charge in [0.05, 0.1) is 29.3 Å². The molecule has 0 spiro atoms. The standard InChI is InChI=1S/C24H19FN6O3S/c1-2-34-23(33)17-5-3-4-6-18(17)26-21(32)14-35-24-28-27-22-20-13-19(15-7-9-16(25)10-8-15)29-31(20)12-11-30(22)24/h3-13H,2,14H2,1H3,(H,26,32). The molecule has 0 radical (unpaired) electrons. The van der Waals surface area contributed by atoms with Crippen LogP contribution in [0.1, 0.15) is 17.3 Å². The molecule has 1 amide bonds. The quantitative estimate of drug-likeness (QED) is 0.271. The summed E-state index contributed by atoms with van der Waals surface area (Å²) in [4.78, 5) is 24.7. The molecule has 5 aromatic rings. The van der Waals surface area contributed by atoms with Crippen LogP contribution in [-0.2, 0) is 9.53 Å². The number of nitrogens with one attached hydrogen (secondary N) is 1. The van der Waals surface area contributed by atoms with Crippen molar-refractivity contribution in [1.29, 1.82) is 0 Å². The number of carbonyl (C=O) groups is 2. The molecule has 3 aromatic heterocycles. The number of amides is 1. The zero-order valence-corrected chi connectivity index (χ0v) is 19.3. The van der Waals surface area contributed by atoms with E-state index in [1.165, 1.54) is 23.9 Å². The van der Waals surface area contributed by atoms with Crippen molar-refractivity contribution in [1.82, 2.24) is 24.2 Å². The number of fused-ring (bicyclic) bond motifs is 3. The first-order valence-corrected chi connectivity index (χ1v) is 11.7. The van der Waals surface area contributed by atoms with Gasteiger partial charge >= 0.3 is 5.97 Å². The van der Waals surface area contributed by atoms with E-state index in [0.29, 0.717) is 27.7 Å². The van der Waals surface area contributed by atoms with E-state index in [0.717, 1.165) is 11.1 Å². The van der Waals surface area contributed by atoms with Crippen molar-refractivity contribution in [3.63, 3.8) is 0 Å². The molecule has 0 aliphatic carbocycles. The Morgan fingerprint density at radius 3 is 2.69 bits per heavy atom. The predicted molar refractivity (Wildman–Crippen MR) is 129 cm³/mol. The monoisotopic (exact) mass is 490 g/mol. The smallest absolute Gasteiger partial charge is 0.340 e. The lowest BCUT2D eigenvalue weighted by molar-refractivity contribution is -0.113. The van der Waals surface area contributed by atoms with Gasteiger partial charge in [0.25, 0.3) is 0 Å². The average molecular weight is 491 g/mol. The lowest BCUT2D eigenvalue weighted by atomic mass is 10.1. The molecule has 9 nitrogen and oxygen atoms in total. The third kappa shape index (κ3) is 4.58. The number of nitrogens with zero attached hydrogens (tertiary/aromatic N) is 5. The molecule has 0 saturated carbocycles. The van der Waals surface area contributed by atoms with Crippen LogP contribution in [0, 0.1) is 5.82 Å². The van der Waals surface area contributed by atoms with Gasteiger partial charge in [0, 0.05) is 18.0 Å². The lowest BCUT2D eigenvalue weighted by Gasteiger charge is -2.10. The Labute approximate surface area is 202 Å². The molecule has 0 unspecified atom stereocenters. The third-order valence-corrected chi connectivity index (χ3v) is 6.10. The molecular formula is C24H19FN6O3S. The lowest BCUT2D eigenvalue weighted by Crippen LogP contribution is -2.17. The largest absolute Gasteiger partial charge is 0.462 e. The minimum Gasteiger partial charge on any atom is -0.462 e. The summed E-state index contributed by atoms with van der Waals surface area (Å²) in [6.07, 6.45) is 3.53. The van der Waals surface area contributed by atoms with Crippen molar-refractivity contribution in [2.75, 3.05) is 17.7 Å². The van der Waals surface area contributed by atoms with Crippen molar-refractivity contribution in [3.8, 4) is 11.3 Å². The number of anilines is 1. The minimum atomic E-state index is -0.496. The van der Waals surface area contributed by atoms with E-state index < -0.39 is 5.97 Å². The van der Waals surface area contributed by atoms with Crippen LogP contribution in [0.15, 0.2) is 72.1 Å². The molecule has 0 atom stereocenters. The maximum Gasteiger partial charge on any atom is 0.340 e. The normalized spacial score (nSPS) is 11.1. The first kappa shape index (κ1) is 22.5. The van der Waals surface area contributed by atoms with Gasteiger partial charge in [0.2, 0.25) is 5.91 Å². The van der Waals surface area contributed by atoms with Crippen LogP contribution in [0.3, 0.4) is 0 Å². The number of aromatic nitrogens is 5. The number of ether oxygens (including phenoxy) is 1. The van der Waals surface area contributed by atoms with Gasteiger partial charge in [-0.3, -0.25) is 9.20 Å². The number of hydrogen-bond donors (Lipinski definition) is 1. The Hall–Kier alpha value is -4.25. The number of halogens is 1. The maximum atomic E-state index is 13.3. The van der Waals surface area contributed by atoms with Crippen molar-refractivity contribution in [3.05, 3.63) is 78.4 Å². The Balaban J connectivity index is 1.33. The second-order valence-electron chi connectivity index (χ2n) is 7.44. The van der Waals surface area contributed by atoms with E-state index in [2.05, 4.69) is 20.6 Å². The molecule has 176 valence electrons. The van der Waals surface area contributed by atoms with E-state index >= 15 is 0 Å². The topological polar surface area (TPSA) is 103 Å². The van der Waals surface area contributed by atoms with Crippen LogP contribution >= 0.6 is 11.8 Å². The fourth-order valence-electron chi connectivity index (χ4n) is 3.55. The molecule has 2 aromatic carbocycles. The van der Waals surface area contributed by atoms with Gasteiger partial charge in [-0.15, -0.1) is 10.2 Å². The van der Waals surface area contributed by atoms with Gasteiger partial charge in [-0.1, -0.05) is 23.9 Å². The Kier molecular flexibility index (Phi) is 6.15. The number of hydrogen-bond acceptors (Lipinski definition) is 7. The second kappa shape index (κ2) is 9.55. The first-order valence-electron chi connectivity index (χ1n) is 10.7. The fourth-order valence-corrected chi connectivity index (χ4v) is 4.26. The van der Waals surface area contributed by atoms with Crippen LogP contribution < -0.4 is 5.32 Å². The van der Waals surface area contributed by atoms with E-state index in [-0.39, 0.29) is 24.1 Å². The van der Waals surface area contributed by atoms with Crippen LogP contribution in [0.4, 0.5) is 10.1 Å². The molecule has 0 aliphatic rings. The van der Waals surface area contributed by atoms with Crippen LogP contribution in [0.2, 0.25) is 0 Å². The molecule has 5 rings (SSSR count). The van der Waals surface area contributed by atoms with E-state index in [1.54, 1.807) is 64.6 Å². The number of thioether (sulfide) groups is 1. The van der Waals surface area contributed by atoms with Crippen molar-refractivity contribution in [2.24, 2.45) is 0 Å². The van der Waals surface area contributed by atoms with E-state index in [9.17, 15) is 14.0 Å². The molecule has 1 N–H and O–H groups in total. The Morgan fingerprint density at radius 1 is 1.09 bits per heavy atom. The number of esters is 1. The molecular weight excluding hydrogens is 471 g/mol. The van der Waals surface area contributed by atoms with Crippen molar-refractivity contribution >= 4 is 40.5 Å². The average Bonchev–Trinajstić information content (AvgIpc) is 3.48. The summed E-state index contributed by atoms with van der Waals surface area (Å²) in [5.41, 5.74) is 3.43. The molecule has 0 saturated heterocycles. The Morgan fingerprint density at radius 2 is 1.89 bits per heavy atom. The molecule has 0 fully saturated rings. The molecule has 35 heavy (non-hydrogen) atoms. The zero-order valence-electron chi connectivity index (χ0n) is 18.5. The highest BCUT2D eigenvalue weighted by atomic mass is 32.2. The summed E-state index contributed by atoms with van der Waals surface area (Å²) in [6.45, 7) is 1.97. The summed E-state index contributed by atoms with van der Waals surface area (Å²) in [7, 11) is 0. The maximum absolute atomic E-state index is 13.3. The van der Waals surface area contributed by atoms with Gasteiger partial charge < -0.3 is 10.1 Å². The number of rotatable bonds is 7. The molecule has 0 bridgehead atoms. The SMILES string of the molecule is CCOC(=O)c1ccccc1NC(=O)CSc1nnc2c3cc(-c4ccc(F)cc4)nn3ccn12. The summed E-state index contributed by atoms with van der Waals surface area (Å²) >= 11 is 1.21. The van der Waals surface area contributed by atoms with Crippen LogP contribution in [0.5, 0.6) is 0 Å². The van der Waals surface area contributed by atoms with Crippen molar-refractivity contribution < 1.29 is 18.7 Å². The summed E-state index contributed by atoms with van der Waals surface area (Å²) in [5, 5.41) is 16.3. The van der Waals surface area contributed by atoms with Gasteiger partial charge in [0.1, 0.15) is 11.3 Å². The van der Waals surface area contributed by atoms with Gasteiger partial charge in [-0.2, -0.15) is 5.10 Å². The minimum absolute atomic E-state index is 0.0588. The van der Waals surface area contributed by atoms with Crippen molar-refractivity contribution in [2.45, 2.75) is 12.1 Å². The highest BCUT2D eigenvalue weighted by molar-refractivity contribution is 7.99. The first-order chi connectivity index (χ1) is 17.0. The highest BCUT2D eigenvalue weighted by Crippen LogP contribution is 2.25. The highest BCUT2D eigenvalue weighted by Gasteiger charge is 2.16. The second-order valence-corrected chi connectivity index (χ2v) is 8.39. The molecule has 3 heterocycles. The Bertz CT molecular complexity index is 1550. The summed E-state index contributed by atoms with van der Waals surface area (Å²) in [5.74, 6) is -1.05. The zero-order chi connectivity index (χ0) is 24.4. The van der Waals surface area contributed by atoms with Crippen LogP contribution in [0.25, 0.3) is 22.4 Å². The van der Waals surface area contributed by atoms with Crippen LogP contribution in [-0.4, -0.2) is 48.4 Å².